The van der Waals surface area contributed by atoms with Crippen LogP contribution in [0.15, 0.2) is 185 Å². The zero-order valence-electron chi connectivity index (χ0n) is 27.0. The summed E-state index contributed by atoms with van der Waals surface area (Å²) in [5, 5.41) is 4.47. The summed E-state index contributed by atoms with van der Waals surface area (Å²) >= 11 is 0. The van der Waals surface area contributed by atoms with E-state index in [9.17, 15) is 0 Å². The van der Waals surface area contributed by atoms with E-state index in [1.165, 1.54) is 0 Å². The number of fused-ring (bicyclic) bond motifs is 6. The number of aromatic nitrogens is 1. The number of furan rings is 2. The number of hydrogen-bond donors (Lipinski definition) is 0. The van der Waals surface area contributed by atoms with Gasteiger partial charge < -0.3 is 8.83 Å². The van der Waals surface area contributed by atoms with E-state index in [0.717, 1.165) is 99.8 Å². The van der Waals surface area contributed by atoms with Gasteiger partial charge in [-0.15, -0.1) is 0 Å². The summed E-state index contributed by atoms with van der Waals surface area (Å²) < 4.78 is 12.5. The van der Waals surface area contributed by atoms with Gasteiger partial charge in [0.15, 0.2) is 0 Å². The van der Waals surface area contributed by atoms with Crippen molar-refractivity contribution in [3.05, 3.63) is 176 Å². The summed E-state index contributed by atoms with van der Waals surface area (Å²) in [6, 6.07) is 61.6. The molecule has 50 heavy (non-hydrogen) atoms. The van der Waals surface area contributed by atoms with Crippen LogP contribution in [-0.2, 0) is 0 Å². The summed E-state index contributed by atoms with van der Waals surface area (Å²) in [5.74, 6) is 0. The maximum Gasteiger partial charge on any atom is 0.136 e. The van der Waals surface area contributed by atoms with Crippen LogP contribution in [0.25, 0.3) is 99.8 Å². The molecule has 3 aromatic heterocycles. The van der Waals surface area contributed by atoms with E-state index in [1.807, 2.05) is 36.4 Å². The predicted molar refractivity (Wildman–Crippen MR) is 206 cm³/mol. The molecule has 0 amide bonds. The van der Waals surface area contributed by atoms with Crippen LogP contribution in [0.5, 0.6) is 0 Å². The van der Waals surface area contributed by atoms with E-state index in [1.54, 1.807) is 0 Å². The minimum Gasteiger partial charge on any atom is -0.456 e. The van der Waals surface area contributed by atoms with E-state index in [0.29, 0.717) is 0 Å². The third kappa shape index (κ3) is 4.87. The van der Waals surface area contributed by atoms with E-state index in [4.69, 9.17) is 13.8 Å². The molecule has 3 heterocycles. The second-order valence-electron chi connectivity index (χ2n) is 12.8. The van der Waals surface area contributed by atoms with Gasteiger partial charge in [-0.25, -0.2) is 4.98 Å². The van der Waals surface area contributed by atoms with Gasteiger partial charge in [-0.05, 0) is 100 Å². The highest BCUT2D eigenvalue weighted by Crippen LogP contribution is 2.39. The zero-order chi connectivity index (χ0) is 33.0. The minimum atomic E-state index is 0.878. The Bertz CT molecular complexity index is 2810. The van der Waals surface area contributed by atoms with Crippen molar-refractivity contribution in [3.8, 4) is 55.9 Å². The first-order chi connectivity index (χ1) is 24.7. The second-order valence-corrected chi connectivity index (χ2v) is 12.8. The fourth-order valence-electron chi connectivity index (χ4n) is 7.15. The van der Waals surface area contributed by atoms with Gasteiger partial charge in [-0.2, -0.15) is 0 Å². The molecule has 0 bridgehead atoms. The normalized spacial score (nSPS) is 11.6. The van der Waals surface area contributed by atoms with Crippen LogP contribution in [0.2, 0.25) is 0 Å². The van der Waals surface area contributed by atoms with Crippen molar-refractivity contribution in [2.75, 3.05) is 0 Å². The van der Waals surface area contributed by atoms with E-state index >= 15 is 0 Å². The van der Waals surface area contributed by atoms with Crippen molar-refractivity contribution >= 4 is 43.9 Å². The summed E-state index contributed by atoms with van der Waals surface area (Å²) in [4.78, 5) is 5.15. The van der Waals surface area contributed by atoms with Crippen molar-refractivity contribution in [2.24, 2.45) is 0 Å². The van der Waals surface area contributed by atoms with Gasteiger partial charge in [-0.1, -0.05) is 109 Å². The van der Waals surface area contributed by atoms with Gasteiger partial charge in [0.1, 0.15) is 22.3 Å². The number of pyridine rings is 1. The lowest BCUT2D eigenvalue weighted by Gasteiger charge is -2.14. The number of hydrogen-bond acceptors (Lipinski definition) is 3. The molecule has 0 aliphatic rings. The Morgan fingerprint density at radius 2 is 0.700 bits per heavy atom. The minimum absolute atomic E-state index is 0.878. The predicted octanol–water partition coefficient (Wildman–Crippen LogP) is 13.2. The van der Waals surface area contributed by atoms with Crippen LogP contribution >= 0.6 is 0 Å². The van der Waals surface area contributed by atoms with Crippen LogP contribution < -0.4 is 0 Å². The quantitative estimate of drug-likeness (QED) is 0.188. The Hall–Kier alpha value is -6.71. The highest BCUT2D eigenvalue weighted by atomic mass is 16.3. The standard InChI is InChI=1S/C47H29NO2/c1-3-11-30(12-4-1)42-27-37(28-43(48-42)31-13-5-2-6-14-31)36-24-34(32-20-22-46-41(26-32)39-16-8-10-18-45(39)49-46)23-35(25-36)33-19-21-40-38-15-7-9-17-44(38)50-47(40)29-33/h1-29H. The van der Waals surface area contributed by atoms with Gasteiger partial charge in [0.25, 0.3) is 0 Å². The van der Waals surface area contributed by atoms with Crippen LogP contribution in [0, 0.1) is 0 Å². The molecular weight excluding hydrogens is 611 g/mol. The molecule has 0 N–H and O–H groups in total. The lowest BCUT2D eigenvalue weighted by molar-refractivity contribution is 0.668. The Labute approximate surface area is 288 Å². The molecule has 0 aliphatic carbocycles. The molecule has 3 nitrogen and oxygen atoms in total. The highest BCUT2D eigenvalue weighted by molar-refractivity contribution is 6.07. The van der Waals surface area contributed by atoms with Crippen LogP contribution in [-0.4, -0.2) is 4.98 Å². The lowest BCUT2D eigenvalue weighted by Crippen LogP contribution is -1.92. The third-order valence-corrected chi connectivity index (χ3v) is 9.65. The molecule has 10 rings (SSSR count). The average molecular weight is 640 g/mol. The number of para-hydroxylation sites is 2. The molecule has 0 aliphatic heterocycles. The summed E-state index contributed by atoms with van der Waals surface area (Å²) in [6.07, 6.45) is 0. The van der Waals surface area contributed by atoms with Crippen LogP contribution in [0.1, 0.15) is 0 Å². The highest BCUT2D eigenvalue weighted by Gasteiger charge is 2.15. The van der Waals surface area contributed by atoms with Gasteiger partial charge >= 0.3 is 0 Å². The van der Waals surface area contributed by atoms with E-state index in [-0.39, 0.29) is 0 Å². The van der Waals surface area contributed by atoms with Gasteiger partial charge in [0, 0.05) is 32.7 Å². The molecule has 3 heteroatoms. The lowest BCUT2D eigenvalue weighted by atomic mass is 9.91. The van der Waals surface area contributed by atoms with Crippen molar-refractivity contribution in [1.29, 1.82) is 0 Å². The Morgan fingerprint density at radius 1 is 0.260 bits per heavy atom. The maximum absolute atomic E-state index is 6.34. The molecular formula is C47H29NO2. The van der Waals surface area contributed by atoms with Crippen LogP contribution in [0.4, 0.5) is 0 Å². The third-order valence-electron chi connectivity index (χ3n) is 9.65. The monoisotopic (exact) mass is 639 g/mol. The molecule has 0 saturated heterocycles. The first kappa shape index (κ1) is 28.3. The molecule has 0 unspecified atom stereocenters. The van der Waals surface area contributed by atoms with Crippen molar-refractivity contribution in [1.82, 2.24) is 4.98 Å². The summed E-state index contributed by atoms with van der Waals surface area (Å²) in [6.45, 7) is 0. The largest absolute Gasteiger partial charge is 0.456 e. The second kappa shape index (κ2) is 11.5. The summed E-state index contributed by atoms with van der Waals surface area (Å²) in [5.41, 5.74) is 14.2. The molecule has 0 radical (unpaired) electrons. The van der Waals surface area contributed by atoms with Crippen molar-refractivity contribution < 1.29 is 8.83 Å². The van der Waals surface area contributed by atoms with Gasteiger partial charge in [0.05, 0.1) is 11.4 Å². The van der Waals surface area contributed by atoms with Crippen LogP contribution in [0.3, 0.4) is 0 Å². The number of rotatable bonds is 5. The number of nitrogens with zero attached hydrogens (tertiary/aromatic N) is 1. The van der Waals surface area contributed by atoms with E-state index in [2.05, 4.69) is 140 Å². The fraction of sp³-hybridized carbons (Fsp3) is 0. The van der Waals surface area contributed by atoms with Gasteiger partial charge in [-0.3, -0.25) is 0 Å². The van der Waals surface area contributed by atoms with E-state index < -0.39 is 0 Å². The summed E-state index contributed by atoms with van der Waals surface area (Å²) in [7, 11) is 0. The van der Waals surface area contributed by atoms with Crippen molar-refractivity contribution in [3.63, 3.8) is 0 Å². The average Bonchev–Trinajstić information content (AvgIpc) is 3.76. The first-order valence-electron chi connectivity index (χ1n) is 16.9. The molecule has 0 spiro atoms. The van der Waals surface area contributed by atoms with Crippen molar-refractivity contribution in [2.45, 2.75) is 0 Å². The SMILES string of the molecule is c1ccc(-c2cc(-c3cc(-c4ccc5c(c4)oc4ccccc45)cc(-c4ccc5oc6ccccc6c5c4)c3)cc(-c3ccccc3)n2)cc1. The maximum atomic E-state index is 6.34. The molecule has 0 atom stereocenters. The topological polar surface area (TPSA) is 39.2 Å². The fourth-order valence-corrected chi connectivity index (χ4v) is 7.15. The molecule has 10 aromatic rings. The zero-order valence-corrected chi connectivity index (χ0v) is 27.0. The first-order valence-corrected chi connectivity index (χ1v) is 16.9. The molecule has 7 aromatic carbocycles. The Morgan fingerprint density at radius 3 is 1.34 bits per heavy atom. The smallest absolute Gasteiger partial charge is 0.136 e. The molecule has 0 saturated carbocycles. The molecule has 234 valence electrons. The Balaban J connectivity index is 1.21. The number of benzene rings is 7. The Kier molecular flexibility index (Phi) is 6.49. The van der Waals surface area contributed by atoms with Gasteiger partial charge in [0.2, 0.25) is 0 Å². The molecule has 0 fully saturated rings.